The van der Waals surface area contributed by atoms with Gasteiger partial charge in [-0.25, -0.2) is 0 Å². The summed E-state index contributed by atoms with van der Waals surface area (Å²) in [7, 11) is 0. The highest BCUT2D eigenvalue weighted by atomic mass is 32.2. The average molecular weight is 295 g/mol. The first-order valence-corrected chi connectivity index (χ1v) is 9.70. The quantitative estimate of drug-likeness (QED) is 0.822. The van der Waals surface area contributed by atoms with E-state index in [4.69, 9.17) is 4.99 Å². The van der Waals surface area contributed by atoms with E-state index < -0.39 is 0 Å². The number of nitrogens with one attached hydrogen (secondary N) is 1. The first kappa shape index (κ1) is 14.7. The first-order chi connectivity index (χ1) is 9.76. The van der Waals surface area contributed by atoms with Crippen molar-refractivity contribution in [3.63, 3.8) is 0 Å². The van der Waals surface area contributed by atoms with Crippen LogP contribution < -0.4 is 5.32 Å². The van der Waals surface area contributed by atoms with E-state index in [0.717, 1.165) is 18.4 Å². The van der Waals surface area contributed by atoms with Gasteiger partial charge in [0.25, 0.3) is 0 Å². The topological polar surface area (TPSA) is 24.4 Å². The van der Waals surface area contributed by atoms with Crippen LogP contribution in [0.25, 0.3) is 0 Å². The van der Waals surface area contributed by atoms with Crippen LogP contribution in [0.15, 0.2) is 4.99 Å². The fraction of sp³-hybridized carbons (Fsp3) is 0.941. The van der Waals surface area contributed by atoms with Gasteiger partial charge in [0.1, 0.15) is 0 Å². The van der Waals surface area contributed by atoms with E-state index in [0.29, 0.717) is 5.54 Å². The highest BCUT2D eigenvalue weighted by Crippen LogP contribution is 2.36. The Balaban J connectivity index is 1.43. The van der Waals surface area contributed by atoms with E-state index in [1.165, 1.54) is 75.1 Å². The number of rotatable bonds is 3. The summed E-state index contributed by atoms with van der Waals surface area (Å²) in [6, 6.07) is 0. The SMILES string of the molecule is CC1CCCC(CCN=C2NC3(CCCCC3)CS2)C1. The molecule has 1 N–H and O–H groups in total. The van der Waals surface area contributed by atoms with Crippen molar-refractivity contribution >= 4 is 16.9 Å². The summed E-state index contributed by atoms with van der Waals surface area (Å²) >= 11 is 1.97. The van der Waals surface area contributed by atoms with Crippen molar-refractivity contribution in [2.45, 2.75) is 76.7 Å². The van der Waals surface area contributed by atoms with Crippen LogP contribution in [0.4, 0.5) is 0 Å². The lowest BCUT2D eigenvalue weighted by Crippen LogP contribution is -2.45. The van der Waals surface area contributed by atoms with E-state index in [1.807, 2.05) is 11.8 Å². The molecule has 20 heavy (non-hydrogen) atoms. The van der Waals surface area contributed by atoms with Crippen LogP contribution in [0.1, 0.15) is 71.1 Å². The summed E-state index contributed by atoms with van der Waals surface area (Å²) in [6.07, 6.45) is 14.0. The molecule has 3 rings (SSSR count). The lowest BCUT2D eigenvalue weighted by Gasteiger charge is -2.32. The Morgan fingerprint density at radius 1 is 1.20 bits per heavy atom. The Hall–Kier alpha value is -0.180. The molecule has 0 amide bonds. The Kier molecular flexibility index (Phi) is 4.95. The third-order valence-electron chi connectivity index (χ3n) is 5.51. The van der Waals surface area contributed by atoms with Crippen LogP contribution in [0.3, 0.4) is 0 Å². The summed E-state index contributed by atoms with van der Waals surface area (Å²) in [6.45, 7) is 3.46. The normalized spacial score (nSPS) is 35.4. The predicted molar refractivity (Wildman–Crippen MR) is 89.5 cm³/mol. The Morgan fingerprint density at radius 2 is 2.05 bits per heavy atom. The molecule has 2 nitrogen and oxygen atoms in total. The van der Waals surface area contributed by atoms with Crippen molar-refractivity contribution < 1.29 is 0 Å². The third kappa shape index (κ3) is 3.72. The number of amidine groups is 1. The van der Waals surface area contributed by atoms with E-state index >= 15 is 0 Å². The molecule has 3 aliphatic rings. The van der Waals surface area contributed by atoms with Crippen LogP contribution in [0.5, 0.6) is 0 Å². The van der Waals surface area contributed by atoms with E-state index in [1.54, 1.807) is 0 Å². The molecule has 0 bridgehead atoms. The maximum absolute atomic E-state index is 4.86. The maximum Gasteiger partial charge on any atom is 0.157 e. The average Bonchev–Trinajstić information content (AvgIpc) is 2.83. The fourth-order valence-corrected chi connectivity index (χ4v) is 5.50. The highest BCUT2D eigenvalue weighted by molar-refractivity contribution is 8.14. The number of hydrogen-bond acceptors (Lipinski definition) is 2. The van der Waals surface area contributed by atoms with Gasteiger partial charge in [0.05, 0.1) is 0 Å². The van der Waals surface area contributed by atoms with Gasteiger partial charge in [0.15, 0.2) is 5.17 Å². The molecule has 114 valence electrons. The third-order valence-corrected chi connectivity index (χ3v) is 6.71. The molecule has 2 unspecified atom stereocenters. The molecule has 0 radical (unpaired) electrons. The number of nitrogens with zero attached hydrogens (tertiary/aromatic N) is 1. The molecule has 0 aromatic heterocycles. The lowest BCUT2D eigenvalue weighted by molar-refractivity contribution is 0.272. The zero-order valence-electron chi connectivity index (χ0n) is 13.0. The molecular formula is C17H30N2S. The standard InChI is InChI=1S/C17H30N2S/c1-14-6-5-7-15(12-14)8-11-18-16-19-17(13-20-16)9-3-2-4-10-17/h14-15H,2-13H2,1H3,(H,18,19). The molecule has 1 aliphatic heterocycles. The summed E-state index contributed by atoms with van der Waals surface area (Å²) in [5.74, 6) is 3.15. The van der Waals surface area contributed by atoms with Gasteiger partial charge >= 0.3 is 0 Å². The second-order valence-corrected chi connectivity index (χ2v) is 8.33. The summed E-state index contributed by atoms with van der Waals surface area (Å²) in [4.78, 5) is 4.86. The van der Waals surface area contributed by atoms with Crippen LogP contribution >= 0.6 is 11.8 Å². The molecule has 3 heteroatoms. The second-order valence-electron chi connectivity index (χ2n) is 7.37. The van der Waals surface area contributed by atoms with Gasteiger partial charge < -0.3 is 5.32 Å². The number of thioether (sulfide) groups is 1. The molecule has 2 atom stereocenters. The molecule has 0 aromatic carbocycles. The molecule has 1 spiro atoms. The minimum atomic E-state index is 0.418. The highest BCUT2D eigenvalue weighted by Gasteiger charge is 2.37. The van der Waals surface area contributed by atoms with Gasteiger partial charge in [0.2, 0.25) is 0 Å². The van der Waals surface area contributed by atoms with Crippen molar-refractivity contribution in [3.05, 3.63) is 0 Å². The van der Waals surface area contributed by atoms with Gasteiger partial charge in [-0.05, 0) is 37.5 Å². The van der Waals surface area contributed by atoms with Crippen LogP contribution in [-0.2, 0) is 0 Å². The van der Waals surface area contributed by atoms with Crippen molar-refractivity contribution in [3.8, 4) is 0 Å². The zero-order chi connectivity index (χ0) is 13.8. The minimum Gasteiger partial charge on any atom is -0.359 e. The fourth-order valence-electron chi connectivity index (χ4n) is 4.26. The molecule has 1 heterocycles. The second kappa shape index (κ2) is 6.72. The summed E-state index contributed by atoms with van der Waals surface area (Å²) in [5.41, 5.74) is 0.418. The largest absolute Gasteiger partial charge is 0.359 e. The molecule has 0 aromatic rings. The lowest BCUT2D eigenvalue weighted by atomic mass is 9.81. The summed E-state index contributed by atoms with van der Waals surface area (Å²) < 4.78 is 0. The van der Waals surface area contributed by atoms with Crippen molar-refractivity contribution in [1.29, 1.82) is 0 Å². The monoisotopic (exact) mass is 294 g/mol. The van der Waals surface area contributed by atoms with Crippen molar-refractivity contribution in [2.75, 3.05) is 12.3 Å². The number of hydrogen-bond donors (Lipinski definition) is 1. The Morgan fingerprint density at radius 3 is 2.85 bits per heavy atom. The molecule has 1 saturated heterocycles. The zero-order valence-corrected chi connectivity index (χ0v) is 13.8. The molecular weight excluding hydrogens is 264 g/mol. The van der Waals surface area contributed by atoms with Crippen LogP contribution in [0.2, 0.25) is 0 Å². The first-order valence-electron chi connectivity index (χ1n) is 8.71. The molecule has 3 fully saturated rings. The molecule has 2 aliphatic carbocycles. The summed E-state index contributed by atoms with van der Waals surface area (Å²) in [5, 5.41) is 5.01. The van der Waals surface area contributed by atoms with Gasteiger partial charge in [-0.3, -0.25) is 4.99 Å². The maximum atomic E-state index is 4.86. The van der Waals surface area contributed by atoms with Crippen molar-refractivity contribution in [1.82, 2.24) is 5.32 Å². The number of aliphatic imine (C=N–C) groups is 1. The predicted octanol–water partition coefficient (Wildman–Crippen LogP) is 4.60. The van der Waals surface area contributed by atoms with Gasteiger partial charge in [-0.1, -0.05) is 57.2 Å². The minimum absolute atomic E-state index is 0.418. The van der Waals surface area contributed by atoms with E-state index in [9.17, 15) is 0 Å². The van der Waals surface area contributed by atoms with Gasteiger partial charge in [0, 0.05) is 17.8 Å². The smallest absolute Gasteiger partial charge is 0.157 e. The molecule has 2 saturated carbocycles. The van der Waals surface area contributed by atoms with E-state index in [-0.39, 0.29) is 0 Å². The van der Waals surface area contributed by atoms with Crippen LogP contribution in [-0.4, -0.2) is 23.0 Å². The van der Waals surface area contributed by atoms with Crippen molar-refractivity contribution in [2.24, 2.45) is 16.8 Å². The van der Waals surface area contributed by atoms with E-state index in [2.05, 4.69) is 12.2 Å². The van der Waals surface area contributed by atoms with Gasteiger partial charge in [-0.2, -0.15) is 0 Å². The Bertz CT molecular complexity index is 347. The van der Waals surface area contributed by atoms with Gasteiger partial charge in [-0.15, -0.1) is 0 Å². The van der Waals surface area contributed by atoms with Crippen LogP contribution in [0, 0.1) is 11.8 Å². The Labute approximate surface area is 128 Å².